The number of methoxy groups -OCH3 is 2. The number of nitrogens with one attached hydrogen (secondary N) is 2. The largest absolute Gasteiger partial charge is 0.466 e. The zero-order valence-corrected chi connectivity index (χ0v) is 17.7. The predicted molar refractivity (Wildman–Crippen MR) is 113 cm³/mol. The number of hydrogen-bond donors (Lipinski definition) is 2. The van der Waals surface area contributed by atoms with E-state index in [4.69, 9.17) is 9.47 Å². The van der Waals surface area contributed by atoms with Gasteiger partial charge in [0.15, 0.2) is 0 Å². The zero-order chi connectivity index (χ0) is 21.1. The fourth-order valence-electron chi connectivity index (χ4n) is 2.35. The normalized spacial score (nSPS) is 12.4. The van der Waals surface area contributed by atoms with Gasteiger partial charge in [-0.2, -0.15) is 0 Å². The van der Waals surface area contributed by atoms with Crippen molar-refractivity contribution in [3.8, 4) is 0 Å². The molecule has 0 saturated heterocycles. The van der Waals surface area contributed by atoms with Crippen LogP contribution in [0.3, 0.4) is 0 Å². The maximum Gasteiger partial charge on any atom is 0.335 e. The Hall–Kier alpha value is -2.44. The van der Waals surface area contributed by atoms with Crippen LogP contribution in [0, 0.1) is 0 Å². The van der Waals surface area contributed by atoms with Gasteiger partial charge in [0.1, 0.15) is 0 Å². The molecule has 0 bridgehead atoms. The van der Waals surface area contributed by atoms with E-state index in [0.717, 1.165) is 11.1 Å². The lowest BCUT2D eigenvalue weighted by atomic mass is 10.1. The lowest BCUT2D eigenvalue weighted by Crippen LogP contribution is -2.27. The van der Waals surface area contributed by atoms with Gasteiger partial charge in [0.2, 0.25) is 0 Å². The van der Waals surface area contributed by atoms with Crippen molar-refractivity contribution in [3.63, 3.8) is 0 Å². The van der Waals surface area contributed by atoms with Crippen LogP contribution in [0.25, 0.3) is 12.2 Å². The molecule has 0 heterocycles. The van der Waals surface area contributed by atoms with Crippen LogP contribution in [0.5, 0.6) is 0 Å². The molecule has 0 amide bonds. The van der Waals surface area contributed by atoms with Gasteiger partial charge in [0.25, 0.3) is 0 Å². The highest BCUT2D eigenvalue weighted by Crippen LogP contribution is 2.13. The number of ether oxygens (including phenoxy) is 2. The molecule has 2 N–H and O–H groups in total. The lowest BCUT2D eigenvalue weighted by Gasteiger charge is -2.11. The van der Waals surface area contributed by atoms with Crippen LogP contribution in [-0.2, 0) is 19.1 Å². The molecule has 0 unspecified atom stereocenters. The molecule has 0 aliphatic rings. The van der Waals surface area contributed by atoms with Gasteiger partial charge in [0.05, 0.1) is 25.4 Å². The second-order valence-electron chi connectivity index (χ2n) is 7.06. The maximum atomic E-state index is 12.0. The molecule has 154 valence electrons. The Bertz CT molecular complexity index is 643. The van der Waals surface area contributed by atoms with E-state index in [-0.39, 0.29) is 24.0 Å². The molecule has 28 heavy (non-hydrogen) atoms. The molecule has 1 aromatic carbocycles. The minimum Gasteiger partial charge on any atom is -0.466 e. The molecule has 0 fully saturated rings. The Morgan fingerprint density at radius 1 is 0.786 bits per heavy atom. The minimum atomic E-state index is -0.357. The Labute approximate surface area is 168 Å². The fourth-order valence-corrected chi connectivity index (χ4v) is 2.35. The fraction of sp³-hybridized carbons (Fsp3) is 0.455. The summed E-state index contributed by atoms with van der Waals surface area (Å²) < 4.78 is 9.73. The summed E-state index contributed by atoms with van der Waals surface area (Å²) in [6, 6.07) is 8.11. The quantitative estimate of drug-likeness (QED) is 0.474. The molecular formula is C22H32N2O4. The third-order valence-electron chi connectivity index (χ3n) is 3.91. The average Bonchev–Trinajstić information content (AvgIpc) is 2.67. The van der Waals surface area contributed by atoms with E-state index in [9.17, 15) is 9.59 Å². The minimum absolute atomic E-state index is 0.261. The number of benzene rings is 1. The number of hydrogen-bond acceptors (Lipinski definition) is 6. The van der Waals surface area contributed by atoms with E-state index in [1.54, 1.807) is 12.2 Å². The third kappa shape index (κ3) is 8.50. The summed E-state index contributed by atoms with van der Waals surface area (Å²) in [5, 5.41) is 6.45. The standard InChI is InChI=1S/C22H32N2O4/c1-15(2)23-13-19(21(25)27-5)11-17-7-9-18(10-8-17)12-20(22(26)28-6)14-24-16(3)4/h7-12,15-16,23-24H,13-14H2,1-6H3/b19-11+,20-12+. The van der Waals surface area contributed by atoms with Crippen molar-refractivity contribution in [1.29, 1.82) is 0 Å². The summed E-state index contributed by atoms with van der Waals surface area (Å²) in [6.07, 6.45) is 3.60. The molecule has 1 rings (SSSR count). The molecule has 0 aliphatic carbocycles. The molecular weight excluding hydrogens is 356 g/mol. The first-order chi connectivity index (χ1) is 13.3. The van der Waals surface area contributed by atoms with Crippen LogP contribution in [0.1, 0.15) is 38.8 Å². The van der Waals surface area contributed by atoms with Crippen LogP contribution >= 0.6 is 0 Å². The van der Waals surface area contributed by atoms with Crippen molar-refractivity contribution in [2.45, 2.75) is 39.8 Å². The van der Waals surface area contributed by atoms with Gasteiger partial charge in [-0.15, -0.1) is 0 Å². The van der Waals surface area contributed by atoms with Crippen molar-refractivity contribution in [3.05, 3.63) is 46.5 Å². The van der Waals surface area contributed by atoms with Gasteiger partial charge in [-0.25, -0.2) is 9.59 Å². The van der Waals surface area contributed by atoms with Crippen LogP contribution in [-0.4, -0.2) is 51.3 Å². The van der Waals surface area contributed by atoms with Gasteiger partial charge in [-0.05, 0) is 23.3 Å². The highest BCUT2D eigenvalue weighted by atomic mass is 16.5. The molecule has 0 saturated carbocycles. The third-order valence-corrected chi connectivity index (χ3v) is 3.91. The molecule has 1 aromatic rings. The van der Waals surface area contributed by atoms with Gasteiger partial charge in [-0.1, -0.05) is 52.0 Å². The number of rotatable bonds is 10. The summed E-state index contributed by atoms with van der Waals surface area (Å²) in [5.74, 6) is -0.713. The highest BCUT2D eigenvalue weighted by molar-refractivity contribution is 5.95. The molecule has 0 aliphatic heterocycles. The summed E-state index contributed by atoms with van der Waals surface area (Å²) in [6.45, 7) is 8.93. The van der Waals surface area contributed by atoms with Crippen molar-refractivity contribution in [1.82, 2.24) is 10.6 Å². The Morgan fingerprint density at radius 3 is 1.36 bits per heavy atom. The number of esters is 2. The van der Waals surface area contributed by atoms with Crippen LogP contribution < -0.4 is 10.6 Å². The molecule has 0 aromatic heterocycles. The Kier molecular flexibility index (Phi) is 10.2. The van der Waals surface area contributed by atoms with E-state index >= 15 is 0 Å². The van der Waals surface area contributed by atoms with Crippen molar-refractivity contribution < 1.29 is 19.1 Å². The van der Waals surface area contributed by atoms with Crippen molar-refractivity contribution in [2.24, 2.45) is 0 Å². The van der Waals surface area contributed by atoms with Gasteiger partial charge >= 0.3 is 11.9 Å². The van der Waals surface area contributed by atoms with Crippen molar-refractivity contribution >= 4 is 24.1 Å². The summed E-state index contributed by atoms with van der Waals surface area (Å²) >= 11 is 0. The topological polar surface area (TPSA) is 76.7 Å². The SMILES string of the molecule is COC(=O)/C(=C/c1ccc(/C=C(\CNC(C)C)C(=O)OC)cc1)CNC(C)C. The molecule has 0 atom stereocenters. The monoisotopic (exact) mass is 388 g/mol. The van der Waals surface area contributed by atoms with Crippen LogP contribution in [0.4, 0.5) is 0 Å². The van der Waals surface area contributed by atoms with E-state index in [1.165, 1.54) is 14.2 Å². The summed E-state index contributed by atoms with van der Waals surface area (Å²) in [5.41, 5.74) is 2.86. The van der Waals surface area contributed by atoms with E-state index in [1.807, 2.05) is 52.0 Å². The summed E-state index contributed by atoms with van der Waals surface area (Å²) in [7, 11) is 2.75. The molecule has 6 heteroatoms. The maximum absolute atomic E-state index is 12.0. The Morgan fingerprint density at radius 2 is 1.11 bits per heavy atom. The first-order valence-corrected chi connectivity index (χ1v) is 9.41. The average molecular weight is 389 g/mol. The molecule has 0 spiro atoms. The first kappa shape index (κ1) is 23.6. The predicted octanol–water partition coefficient (Wildman–Crippen LogP) is 2.80. The van der Waals surface area contributed by atoms with Crippen LogP contribution in [0.15, 0.2) is 35.4 Å². The Balaban J connectivity index is 3.02. The van der Waals surface area contributed by atoms with E-state index in [2.05, 4.69) is 10.6 Å². The number of carbonyl (C=O) groups is 2. The van der Waals surface area contributed by atoms with Gasteiger partial charge < -0.3 is 20.1 Å². The molecule has 6 nitrogen and oxygen atoms in total. The lowest BCUT2D eigenvalue weighted by molar-refractivity contribution is -0.136. The van der Waals surface area contributed by atoms with E-state index < -0.39 is 0 Å². The first-order valence-electron chi connectivity index (χ1n) is 9.41. The highest BCUT2D eigenvalue weighted by Gasteiger charge is 2.11. The zero-order valence-electron chi connectivity index (χ0n) is 17.7. The van der Waals surface area contributed by atoms with Gasteiger partial charge in [0, 0.05) is 25.2 Å². The van der Waals surface area contributed by atoms with Gasteiger partial charge in [-0.3, -0.25) is 0 Å². The molecule has 0 radical (unpaired) electrons. The number of carbonyl (C=O) groups excluding carboxylic acids is 2. The van der Waals surface area contributed by atoms with E-state index in [0.29, 0.717) is 24.2 Å². The summed E-state index contributed by atoms with van der Waals surface area (Å²) in [4.78, 5) is 24.0. The second kappa shape index (κ2) is 12.1. The van der Waals surface area contributed by atoms with Crippen molar-refractivity contribution in [2.75, 3.05) is 27.3 Å². The smallest absolute Gasteiger partial charge is 0.335 e. The second-order valence-corrected chi connectivity index (χ2v) is 7.06. The van der Waals surface area contributed by atoms with Crippen LogP contribution in [0.2, 0.25) is 0 Å².